The topological polar surface area (TPSA) is 51.7 Å². The SMILES string of the molecule is COc1cc(C2=CC3CCC(C2)N3C(=O)OC(C)(C)C)c(Cl)cn1. The van der Waals surface area contributed by atoms with Crippen molar-refractivity contribution in [3.63, 3.8) is 0 Å². The van der Waals surface area contributed by atoms with E-state index in [1.165, 1.54) is 0 Å². The number of methoxy groups -OCH3 is 1. The molecule has 1 aromatic rings. The van der Waals surface area contributed by atoms with E-state index >= 15 is 0 Å². The molecule has 5 nitrogen and oxygen atoms in total. The molecule has 130 valence electrons. The summed E-state index contributed by atoms with van der Waals surface area (Å²) in [7, 11) is 1.59. The number of nitrogens with zero attached hydrogens (tertiary/aromatic N) is 2. The van der Waals surface area contributed by atoms with Crippen molar-refractivity contribution in [3.05, 3.63) is 28.9 Å². The van der Waals surface area contributed by atoms with Crippen LogP contribution in [0.1, 0.15) is 45.6 Å². The molecule has 2 bridgehead atoms. The molecule has 0 N–H and O–H groups in total. The molecule has 2 aliphatic rings. The highest BCUT2D eigenvalue weighted by molar-refractivity contribution is 6.32. The lowest BCUT2D eigenvalue weighted by Crippen LogP contribution is -2.45. The monoisotopic (exact) mass is 350 g/mol. The van der Waals surface area contributed by atoms with Gasteiger partial charge in [-0.25, -0.2) is 9.78 Å². The third-order valence-electron chi connectivity index (χ3n) is 4.39. The fourth-order valence-electron chi connectivity index (χ4n) is 3.41. The molecule has 1 saturated heterocycles. The smallest absolute Gasteiger partial charge is 0.411 e. The number of amides is 1. The van der Waals surface area contributed by atoms with E-state index in [9.17, 15) is 4.79 Å². The first kappa shape index (κ1) is 17.1. The predicted molar refractivity (Wildman–Crippen MR) is 93.3 cm³/mol. The van der Waals surface area contributed by atoms with Gasteiger partial charge in [0.05, 0.1) is 24.4 Å². The Morgan fingerprint density at radius 1 is 1.38 bits per heavy atom. The van der Waals surface area contributed by atoms with E-state index in [0.717, 1.165) is 30.4 Å². The van der Waals surface area contributed by atoms with Crippen LogP contribution >= 0.6 is 11.6 Å². The van der Waals surface area contributed by atoms with Crippen molar-refractivity contribution in [2.45, 2.75) is 57.7 Å². The molecule has 2 atom stereocenters. The summed E-state index contributed by atoms with van der Waals surface area (Å²) in [6, 6.07) is 2.07. The van der Waals surface area contributed by atoms with E-state index in [1.54, 1.807) is 13.3 Å². The van der Waals surface area contributed by atoms with E-state index < -0.39 is 5.60 Å². The summed E-state index contributed by atoms with van der Waals surface area (Å²) < 4.78 is 10.8. The molecule has 3 heterocycles. The van der Waals surface area contributed by atoms with Crippen molar-refractivity contribution >= 4 is 23.3 Å². The van der Waals surface area contributed by atoms with Gasteiger partial charge in [0.2, 0.25) is 5.88 Å². The number of hydrogen-bond donors (Lipinski definition) is 0. The molecule has 0 aliphatic carbocycles. The molecule has 1 amide bonds. The molecule has 2 unspecified atom stereocenters. The van der Waals surface area contributed by atoms with Crippen LogP contribution < -0.4 is 4.74 Å². The third-order valence-corrected chi connectivity index (χ3v) is 4.69. The normalized spacial score (nSPS) is 23.0. The molecule has 6 heteroatoms. The van der Waals surface area contributed by atoms with Crippen LogP contribution in [0.15, 0.2) is 18.3 Å². The number of pyridine rings is 1. The van der Waals surface area contributed by atoms with Gasteiger partial charge in [0.25, 0.3) is 0 Å². The maximum atomic E-state index is 12.5. The molecule has 0 saturated carbocycles. The lowest BCUT2D eigenvalue weighted by Gasteiger charge is -2.35. The third kappa shape index (κ3) is 3.36. The highest BCUT2D eigenvalue weighted by Crippen LogP contribution is 2.41. The average Bonchev–Trinajstić information content (AvgIpc) is 2.77. The van der Waals surface area contributed by atoms with Crippen LogP contribution in [0.2, 0.25) is 5.02 Å². The van der Waals surface area contributed by atoms with Gasteiger partial charge in [0.1, 0.15) is 5.60 Å². The van der Waals surface area contributed by atoms with Crippen LogP contribution in [-0.4, -0.2) is 40.8 Å². The van der Waals surface area contributed by atoms with Crippen LogP contribution in [-0.2, 0) is 4.74 Å². The quantitative estimate of drug-likeness (QED) is 0.798. The molecule has 24 heavy (non-hydrogen) atoms. The summed E-state index contributed by atoms with van der Waals surface area (Å²) in [5.41, 5.74) is 1.60. The Balaban J connectivity index is 1.86. The number of ether oxygens (including phenoxy) is 2. The molecule has 0 aromatic carbocycles. The van der Waals surface area contributed by atoms with Gasteiger partial charge >= 0.3 is 6.09 Å². The molecule has 2 aliphatic heterocycles. The number of aromatic nitrogens is 1. The Hall–Kier alpha value is -1.75. The molecular formula is C18H23ClN2O3. The maximum Gasteiger partial charge on any atom is 0.411 e. The number of carbonyl (C=O) groups excluding carboxylic acids is 1. The second kappa shape index (κ2) is 6.28. The minimum atomic E-state index is -0.484. The van der Waals surface area contributed by atoms with Crippen LogP contribution in [0.3, 0.4) is 0 Å². The van der Waals surface area contributed by atoms with Crippen molar-refractivity contribution in [3.8, 4) is 5.88 Å². The second-order valence-corrected chi connectivity index (χ2v) is 7.70. The lowest BCUT2D eigenvalue weighted by molar-refractivity contribution is 0.0175. The molecular weight excluding hydrogens is 328 g/mol. The molecule has 3 rings (SSSR count). The van der Waals surface area contributed by atoms with Crippen LogP contribution in [0.25, 0.3) is 5.57 Å². The first-order valence-corrected chi connectivity index (χ1v) is 8.58. The van der Waals surface area contributed by atoms with Gasteiger partial charge in [0, 0.05) is 17.7 Å². The zero-order valence-corrected chi connectivity index (χ0v) is 15.3. The van der Waals surface area contributed by atoms with Crippen LogP contribution in [0.4, 0.5) is 4.79 Å². The Bertz CT molecular complexity index is 681. The van der Waals surface area contributed by atoms with Gasteiger partial charge in [-0.1, -0.05) is 17.7 Å². The summed E-state index contributed by atoms with van der Waals surface area (Å²) in [5.74, 6) is 0.539. The Morgan fingerprint density at radius 3 is 2.75 bits per heavy atom. The van der Waals surface area contributed by atoms with E-state index in [4.69, 9.17) is 21.1 Å². The van der Waals surface area contributed by atoms with Gasteiger partial charge < -0.3 is 9.47 Å². The van der Waals surface area contributed by atoms with Crippen LogP contribution in [0.5, 0.6) is 5.88 Å². The van der Waals surface area contributed by atoms with Crippen molar-refractivity contribution in [1.82, 2.24) is 9.88 Å². The first-order valence-electron chi connectivity index (χ1n) is 8.20. The minimum absolute atomic E-state index is 0.0591. The summed E-state index contributed by atoms with van der Waals surface area (Å²) >= 11 is 6.32. The van der Waals surface area contributed by atoms with Gasteiger partial charge in [-0.15, -0.1) is 0 Å². The number of hydrogen-bond acceptors (Lipinski definition) is 4. The highest BCUT2D eigenvalue weighted by atomic mass is 35.5. The molecule has 0 radical (unpaired) electrons. The summed E-state index contributed by atoms with van der Waals surface area (Å²) in [4.78, 5) is 18.5. The van der Waals surface area contributed by atoms with Crippen molar-refractivity contribution in [2.75, 3.05) is 7.11 Å². The molecule has 1 fully saturated rings. The Morgan fingerprint density at radius 2 is 2.12 bits per heavy atom. The Labute approximate surface area is 147 Å². The van der Waals surface area contributed by atoms with E-state index in [2.05, 4.69) is 11.1 Å². The summed E-state index contributed by atoms with van der Waals surface area (Å²) in [6.45, 7) is 5.67. The molecule has 1 aromatic heterocycles. The highest BCUT2D eigenvalue weighted by Gasteiger charge is 2.41. The van der Waals surface area contributed by atoms with E-state index in [0.29, 0.717) is 10.9 Å². The maximum absolute atomic E-state index is 12.5. The van der Waals surface area contributed by atoms with E-state index in [-0.39, 0.29) is 18.2 Å². The lowest BCUT2D eigenvalue weighted by atomic mass is 9.95. The zero-order valence-electron chi connectivity index (χ0n) is 14.5. The zero-order chi connectivity index (χ0) is 17.5. The summed E-state index contributed by atoms with van der Waals surface area (Å²) in [6.07, 6.45) is 6.20. The number of carbonyl (C=O) groups is 1. The minimum Gasteiger partial charge on any atom is -0.481 e. The van der Waals surface area contributed by atoms with Gasteiger partial charge in [-0.2, -0.15) is 0 Å². The van der Waals surface area contributed by atoms with Gasteiger partial charge in [0.15, 0.2) is 0 Å². The predicted octanol–water partition coefficient (Wildman–Crippen LogP) is 4.30. The molecule has 0 spiro atoms. The average molecular weight is 351 g/mol. The summed E-state index contributed by atoms with van der Waals surface area (Å²) in [5, 5.41) is 0.604. The van der Waals surface area contributed by atoms with E-state index in [1.807, 2.05) is 31.7 Å². The van der Waals surface area contributed by atoms with Crippen molar-refractivity contribution < 1.29 is 14.3 Å². The fourth-order valence-corrected chi connectivity index (χ4v) is 3.63. The number of halogens is 1. The largest absolute Gasteiger partial charge is 0.481 e. The number of rotatable bonds is 2. The van der Waals surface area contributed by atoms with Gasteiger partial charge in [-0.05, 0) is 45.6 Å². The first-order chi connectivity index (χ1) is 11.3. The number of fused-ring (bicyclic) bond motifs is 2. The van der Waals surface area contributed by atoms with Crippen molar-refractivity contribution in [2.24, 2.45) is 0 Å². The fraction of sp³-hybridized carbons (Fsp3) is 0.556. The Kier molecular flexibility index (Phi) is 4.47. The second-order valence-electron chi connectivity index (χ2n) is 7.29. The van der Waals surface area contributed by atoms with Crippen LogP contribution in [0, 0.1) is 0 Å². The standard InChI is InChI=1S/C18H23ClN2O3/c1-18(2,3)24-17(22)21-12-5-6-13(21)8-11(7-12)14-9-16(23-4)20-10-15(14)19/h7,9-10,12-13H,5-6,8H2,1-4H3. The van der Waals surface area contributed by atoms with Crippen molar-refractivity contribution in [1.29, 1.82) is 0 Å². The van der Waals surface area contributed by atoms with Gasteiger partial charge in [-0.3, -0.25) is 4.90 Å².